The van der Waals surface area contributed by atoms with Gasteiger partial charge in [0.2, 0.25) is 0 Å². The molecule has 54 heavy (non-hydrogen) atoms. The molecular weight excluding hydrogens is 690 g/mol. The number of rotatable bonds is 6. The number of aliphatic hydroxyl groups is 2. The molecule has 2 saturated heterocycles. The van der Waals surface area contributed by atoms with Crippen LogP contribution in [0.1, 0.15) is 80.2 Å². The van der Waals surface area contributed by atoms with E-state index in [2.05, 4.69) is 17.9 Å². The van der Waals surface area contributed by atoms with Gasteiger partial charge in [0, 0.05) is 42.7 Å². The fourth-order valence-electron chi connectivity index (χ4n) is 8.87. The third-order valence-corrected chi connectivity index (χ3v) is 11.9. The van der Waals surface area contributed by atoms with Gasteiger partial charge in [-0.05, 0) is 97.7 Å². The molecule has 5 heterocycles. The van der Waals surface area contributed by atoms with Crippen molar-refractivity contribution in [2.24, 2.45) is 17.8 Å². The Bertz CT molecular complexity index is 1620. The van der Waals surface area contributed by atoms with Gasteiger partial charge in [0.25, 0.3) is 0 Å². The molecule has 300 valence electrons. The standard InChI is InChI=1S/C42H63N3O9/c1-11-34-42(8,49)38-29(6)45(24-30-20-31-15-12-13-16-32(31)43-22-30)23-25(2)21-41(7,51-18-14-17-50-38)37(27(4)35(46)28(5)39(48)53-34)54-40-36(47)33(44(9)10)19-26(3)52-40/h12-17,20,22,25-29,33-34,36-38,40,47,49H,11,18-19,21,23-24H2,1-10H3/b17-14+/t25-,26-,27+,28?,29-,33+,34-,36-,37-,38+,40+,41-,42-/m1/s1. The van der Waals surface area contributed by atoms with E-state index in [1.165, 1.54) is 13.2 Å². The molecule has 0 saturated carbocycles. The molecule has 2 N–H and O–H groups in total. The molecule has 2 fully saturated rings. The summed E-state index contributed by atoms with van der Waals surface area (Å²) in [7, 11) is 3.82. The highest BCUT2D eigenvalue weighted by atomic mass is 16.7. The van der Waals surface area contributed by atoms with E-state index in [-0.39, 0.29) is 37.1 Å². The predicted octanol–water partition coefficient (Wildman–Crippen LogP) is 4.88. The third kappa shape index (κ3) is 9.18. The quantitative estimate of drug-likeness (QED) is 0.307. The number of para-hydroxylation sites is 1. The normalized spacial score (nSPS) is 39.8. The minimum absolute atomic E-state index is 0.0404. The van der Waals surface area contributed by atoms with E-state index in [4.69, 9.17) is 28.7 Å². The number of carbonyl (C=O) groups is 2. The second-order valence-corrected chi connectivity index (χ2v) is 16.7. The number of aliphatic hydroxyl groups excluding tert-OH is 1. The Kier molecular flexibility index (Phi) is 13.6. The van der Waals surface area contributed by atoms with Crippen molar-refractivity contribution in [2.75, 3.05) is 27.2 Å². The molecule has 1 unspecified atom stereocenters. The van der Waals surface area contributed by atoms with Crippen LogP contribution in [0.4, 0.5) is 0 Å². The molecule has 6 rings (SSSR count). The molecular formula is C42H63N3O9. The van der Waals surface area contributed by atoms with Crippen molar-refractivity contribution < 1.29 is 43.5 Å². The van der Waals surface area contributed by atoms with Crippen molar-refractivity contribution in [1.82, 2.24) is 14.8 Å². The number of Topliss-reactive ketones (excluding diaryl/α,β-unsaturated/α-hetero) is 1. The number of carbonyl (C=O) groups excluding carboxylic acids is 2. The Morgan fingerprint density at radius 3 is 2.52 bits per heavy atom. The molecule has 12 heteroatoms. The molecule has 1 aromatic carbocycles. The zero-order valence-corrected chi connectivity index (χ0v) is 33.8. The Labute approximate surface area is 321 Å². The third-order valence-electron chi connectivity index (χ3n) is 11.9. The first-order valence-electron chi connectivity index (χ1n) is 19.6. The van der Waals surface area contributed by atoms with Gasteiger partial charge < -0.3 is 38.8 Å². The number of benzene rings is 1. The van der Waals surface area contributed by atoms with Gasteiger partial charge in [0.05, 0.1) is 36.2 Å². The van der Waals surface area contributed by atoms with Crippen LogP contribution >= 0.6 is 0 Å². The lowest BCUT2D eigenvalue weighted by Gasteiger charge is -2.47. The van der Waals surface area contributed by atoms with Crippen molar-refractivity contribution in [3.8, 4) is 0 Å². The van der Waals surface area contributed by atoms with E-state index < -0.39 is 65.5 Å². The number of fused-ring (bicyclic) bond motifs is 15. The molecule has 0 radical (unpaired) electrons. The summed E-state index contributed by atoms with van der Waals surface area (Å²) >= 11 is 0. The zero-order valence-electron chi connectivity index (χ0n) is 33.8. The summed E-state index contributed by atoms with van der Waals surface area (Å²) in [6.07, 6.45) is 1.45. The first-order chi connectivity index (χ1) is 25.5. The second kappa shape index (κ2) is 17.4. The van der Waals surface area contributed by atoms with Gasteiger partial charge in [0.15, 0.2) is 12.1 Å². The highest BCUT2D eigenvalue weighted by molar-refractivity contribution is 6.00. The molecule has 0 spiro atoms. The van der Waals surface area contributed by atoms with Crippen molar-refractivity contribution >= 4 is 22.7 Å². The maximum Gasteiger partial charge on any atom is 0.316 e. The summed E-state index contributed by atoms with van der Waals surface area (Å²) < 4.78 is 32.3. The van der Waals surface area contributed by atoms with E-state index in [9.17, 15) is 19.8 Å². The van der Waals surface area contributed by atoms with E-state index in [1.807, 2.05) is 77.2 Å². The van der Waals surface area contributed by atoms with Gasteiger partial charge in [-0.1, -0.05) is 39.0 Å². The molecule has 2 bridgehead atoms. The maximum atomic E-state index is 14.4. The van der Waals surface area contributed by atoms with E-state index in [0.29, 0.717) is 25.9 Å². The number of ketones is 1. The number of pyridine rings is 1. The summed E-state index contributed by atoms with van der Waals surface area (Å²) in [5.74, 6) is -3.23. The molecule has 4 aliphatic rings. The Morgan fingerprint density at radius 2 is 1.81 bits per heavy atom. The topological polar surface area (TPSA) is 140 Å². The average Bonchev–Trinajstić information content (AvgIpc) is 3.12. The molecule has 12 nitrogen and oxygen atoms in total. The van der Waals surface area contributed by atoms with E-state index >= 15 is 0 Å². The Hall–Kier alpha value is -2.97. The number of esters is 1. The van der Waals surface area contributed by atoms with E-state index in [0.717, 1.165) is 16.5 Å². The minimum Gasteiger partial charge on any atom is -0.493 e. The van der Waals surface area contributed by atoms with Gasteiger partial charge >= 0.3 is 5.97 Å². The van der Waals surface area contributed by atoms with Crippen LogP contribution in [0.25, 0.3) is 10.9 Å². The summed E-state index contributed by atoms with van der Waals surface area (Å²) in [4.78, 5) is 37.2. The molecule has 0 aliphatic carbocycles. The van der Waals surface area contributed by atoms with Gasteiger partial charge in [0.1, 0.15) is 29.8 Å². The number of likely N-dealkylation sites (N-methyl/N-ethyl adjacent to an activating group) is 1. The van der Waals surface area contributed by atoms with Crippen LogP contribution in [0.15, 0.2) is 48.9 Å². The van der Waals surface area contributed by atoms with Gasteiger partial charge in [-0.2, -0.15) is 0 Å². The lowest BCUT2D eigenvalue weighted by atomic mass is 9.78. The van der Waals surface area contributed by atoms with Crippen LogP contribution in [0.5, 0.6) is 0 Å². The molecule has 13 atom stereocenters. The number of hydrogen-bond acceptors (Lipinski definition) is 12. The van der Waals surface area contributed by atoms with Crippen molar-refractivity contribution in [1.29, 1.82) is 0 Å². The van der Waals surface area contributed by atoms with Crippen LogP contribution < -0.4 is 0 Å². The number of hydrogen-bond donors (Lipinski definition) is 2. The fourth-order valence-corrected chi connectivity index (χ4v) is 8.87. The monoisotopic (exact) mass is 753 g/mol. The molecule has 2 aromatic rings. The van der Waals surface area contributed by atoms with Gasteiger partial charge in [-0.3, -0.25) is 19.5 Å². The smallest absolute Gasteiger partial charge is 0.316 e. The minimum atomic E-state index is -1.66. The Balaban J connectivity index is 1.63. The summed E-state index contributed by atoms with van der Waals surface area (Å²) in [6.45, 7) is 15.9. The Morgan fingerprint density at radius 1 is 1.09 bits per heavy atom. The van der Waals surface area contributed by atoms with Crippen LogP contribution in [0.2, 0.25) is 0 Å². The van der Waals surface area contributed by atoms with Gasteiger partial charge in [-0.15, -0.1) is 0 Å². The molecule has 0 amide bonds. The first-order valence-corrected chi connectivity index (χ1v) is 19.6. The van der Waals surface area contributed by atoms with Crippen LogP contribution in [-0.2, 0) is 39.8 Å². The first kappa shape index (κ1) is 42.2. The van der Waals surface area contributed by atoms with Gasteiger partial charge in [-0.25, -0.2) is 0 Å². The summed E-state index contributed by atoms with van der Waals surface area (Å²) in [5, 5.41) is 25.0. The lowest BCUT2D eigenvalue weighted by Crippen LogP contribution is -2.60. The lowest BCUT2D eigenvalue weighted by molar-refractivity contribution is -0.297. The van der Waals surface area contributed by atoms with E-state index in [1.54, 1.807) is 19.9 Å². The second-order valence-electron chi connectivity index (χ2n) is 16.7. The fraction of sp³-hybridized carbons (Fsp3) is 0.690. The highest BCUT2D eigenvalue weighted by Gasteiger charge is 2.52. The summed E-state index contributed by atoms with van der Waals surface area (Å²) in [5.41, 5.74) is -0.869. The van der Waals surface area contributed by atoms with Crippen LogP contribution in [0.3, 0.4) is 0 Å². The maximum absolute atomic E-state index is 14.4. The largest absolute Gasteiger partial charge is 0.493 e. The van der Waals surface area contributed by atoms with Crippen molar-refractivity contribution in [3.05, 3.63) is 54.4 Å². The molecule has 4 aliphatic heterocycles. The average molecular weight is 754 g/mol. The van der Waals surface area contributed by atoms with Crippen LogP contribution in [-0.4, -0.2) is 124 Å². The predicted molar refractivity (Wildman–Crippen MR) is 205 cm³/mol. The summed E-state index contributed by atoms with van der Waals surface area (Å²) in [6, 6.07) is 9.49. The number of nitrogens with zero attached hydrogens (tertiary/aromatic N) is 3. The molecule has 1 aromatic heterocycles. The number of aromatic nitrogens is 1. The van der Waals surface area contributed by atoms with Crippen molar-refractivity contribution in [2.45, 2.75) is 141 Å². The zero-order chi connectivity index (χ0) is 39.5. The number of ether oxygens (including phenoxy) is 5. The van der Waals surface area contributed by atoms with Crippen LogP contribution in [0, 0.1) is 17.8 Å². The highest BCUT2D eigenvalue weighted by Crippen LogP contribution is 2.38. The SMILES string of the molecule is CC[C@H]1OC(=O)C(C)C(=O)[C@H](C)[C@@H](O[C@@H]2O[C@H](C)C[C@H](N(C)C)[C@H]2O)[C@@]2(C)C[C@@H](C)CN(Cc3cnc4ccccc4c3)[C@H](C)[C@H](O/C=C/CO2)[C@]1(C)O. The van der Waals surface area contributed by atoms with Crippen molar-refractivity contribution in [3.63, 3.8) is 0 Å².